The van der Waals surface area contributed by atoms with Crippen LogP contribution in [-0.2, 0) is 32.0 Å². The summed E-state index contributed by atoms with van der Waals surface area (Å²) in [6.07, 6.45) is 4.07. The van der Waals surface area contributed by atoms with Crippen molar-refractivity contribution >= 4 is 35.8 Å². The van der Waals surface area contributed by atoms with E-state index in [4.69, 9.17) is 0 Å². The monoisotopic (exact) mass is 800 g/mol. The number of benzene rings is 4. The molecule has 2 fully saturated rings. The molecule has 10 nitrogen and oxygen atoms in total. The molecular weight excluding hydrogens is 758 g/mol. The van der Waals surface area contributed by atoms with Crippen molar-refractivity contribution in [2.75, 3.05) is 28.2 Å². The van der Waals surface area contributed by atoms with Gasteiger partial charge in [-0.1, -0.05) is 62.4 Å². The van der Waals surface area contributed by atoms with E-state index in [1.165, 1.54) is 82.2 Å². The molecule has 0 N–H and O–H groups in total. The van der Waals surface area contributed by atoms with Gasteiger partial charge in [0.25, 0.3) is 23.6 Å². The van der Waals surface area contributed by atoms with E-state index in [-0.39, 0.29) is 64.7 Å². The Kier molecular flexibility index (Phi) is 12.9. The lowest BCUT2D eigenvalue weighted by Gasteiger charge is -2.47. The van der Waals surface area contributed by atoms with Gasteiger partial charge in [-0.2, -0.15) is 10.5 Å². The van der Waals surface area contributed by atoms with Crippen molar-refractivity contribution in [3.8, 4) is 12.1 Å². The minimum Gasteiger partial charge on any atom is -0.325 e. The van der Waals surface area contributed by atoms with Gasteiger partial charge in [0.05, 0.1) is 23.3 Å². The lowest BCUT2D eigenvalue weighted by Crippen LogP contribution is -2.65. The first-order chi connectivity index (χ1) is 28.1. The Bertz CT molecular complexity index is 2440. The van der Waals surface area contributed by atoms with Crippen molar-refractivity contribution < 1.29 is 32.3 Å². The van der Waals surface area contributed by atoms with Gasteiger partial charge in [0.2, 0.25) is 0 Å². The van der Waals surface area contributed by atoms with E-state index in [1.807, 2.05) is 13.0 Å². The van der Waals surface area contributed by atoms with E-state index >= 15 is 0 Å². The van der Waals surface area contributed by atoms with Crippen LogP contribution in [-0.4, -0.2) is 82.5 Å². The summed E-state index contributed by atoms with van der Waals surface area (Å²) in [5, 5.41) is 18.6. The van der Waals surface area contributed by atoms with Gasteiger partial charge >= 0.3 is 0 Å². The van der Waals surface area contributed by atoms with Crippen LogP contribution in [0.25, 0.3) is 12.2 Å². The van der Waals surface area contributed by atoms with Crippen LogP contribution in [0.2, 0.25) is 0 Å². The molecule has 0 spiro atoms. The molecule has 4 aromatic carbocycles. The zero-order valence-electron chi connectivity index (χ0n) is 33.6. The molecule has 4 amide bonds. The van der Waals surface area contributed by atoms with E-state index in [0.717, 1.165) is 5.56 Å². The van der Waals surface area contributed by atoms with Crippen molar-refractivity contribution in [1.29, 1.82) is 10.5 Å². The van der Waals surface area contributed by atoms with Crippen molar-refractivity contribution in [1.82, 2.24) is 19.6 Å². The molecule has 2 atom stereocenters. The molecular formula is C46H43F3N6O4. The third kappa shape index (κ3) is 8.23. The van der Waals surface area contributed by atoms with Crippen LogP contribution >= 0.6 is 0 Å². The second-order valence-corrected chi connectivity index (χ2v) is 14.4. The van der Waals surface area contributed by atoms with Crippen LogP contribution in [0.4, 0.5) is 13.2 Å². The lowest BCUT2D eigenvalue weighted by molar-refractivity contribution is -0.157. The number of carbonyl (C=O) groups excluding carboxylic acids is 4. The van der Waals surface area contributed by atoms with E-state index in [9.17, 15) is 42.9 Å². The molecule has 0 bridgehead atoms. The Hall–Kier alpha value is -6.99. The second kappa shape index (κ2) is 17.7. The fourth-order valence-corrected chi connectivity index (χ4v) is 7.55. The number of halogens is 3. The van der Waals surface area contributed by atoms with Crippen molar-refractivity contribution in [3.05, 3.63) is 153 Å². The molecule has 2 heterocycles. The van der Waals surface area contributed by atoms with Crippen molar-refractivity contribution in [3.63, 3.8) is 0 Å². The first-order valence-corrected chi connectivity index (χ1v) is 18.8. The molecule has 6 rings (SSSR count). The molecule has 0 saturated carbocycles. The highest BCUT2D eigenvalue weighted by Gasteiger charge is 2.52. The van der Waals surface area contributed by atoms with Gasteiger partial charge in [-0.05, 0) is 84.1 Å². The quantitative estimate of drug-likeness (QED) is 0.179. The maximum absolute atomic E-state index is 14.3. The maximum atomic E-state index is 14.3. The summed E-state index contributed by atoms with van der Waals surface area (Å²) >= 11 is 0. The molecule has 59 heavy (non-hydrogen) atoms. The first kappa shape index (κ1) is 43.1. The van der Waals surface area contributed by atoms with Gasteiger partial charge in [-0.3, -0.25) is 19.2 Å². The average Bonchev–Trinajstić information content (AvgIpc) is 3.25. The van der Waals surface area contributed by atoms with E-state index in [1.54, 1.807) is 75.6 Å². The third-order valence-corrected chi connectivity index (χ3v) is 11.3. The number of amides is 4. The largest absolute Gasteiger partial charge is 0.325 e. The number of likely N-dealkylation sites (N-methyl/N-ethyl adjacent to an activating group) is 4. The van der Waals surface area contributed by atoms with Crippen LogP contribution in [0.3, 0.4) is 0 Å². The second-order valence-electron chi connectivity index (χ2n) is 14.4. The van der Waals surface area contributed by atoms with Crippen LogP contribution in [0, 0.1) is 40.1 Å². The standard InChI is InChI=1S/C23H21F2N3O2.C23H22FN3O2/c1-4-23(13-15-8-10-17(24)11-9-15)22(30)27(2)20(21(29)28(23)3)12-18-16(14-26)6-5-7-19(18)25;1-4-23(14-16-9-11-19(24)12-10-16)22(29)26(2)20(21(28)27(23)3)13-17-7-5-6-8-18(17)15-25/h5-12H,4,13H2,1-3H3;5-13H,4,14H2,1-3H3. The number of rotatable bonds is 8. The molecule has 13 heteroatoms. The van der Waals surface area contributed by atoms with Gasteiger partial charge < -0.3 is 19.6 Å². The molecule has 0 aromatic heterocycles. The number of hydrogen-bond donors (Lipinski definition) is 0. The Labute approximate surface area is 341 Å². The predicted molar refractivity (Wildman–Crippen MR) is 216 cm³/mol. The molecule has 0 aliphatic carbocycles. The van der Waals surface area contributed by atoms with Gasteiger partial charge in [-0.15, -0.1) is 0 Å². The Morgan fingerprint density at radius 1 is 0.576 bits per heavy atom. The predicted octanol–water partition coefficient (Wildman–Crippen LogP) is 6.86. The fourth-order valence-electron chi connectivity index (χ4n) is 7.55. The topological polar surface area (TPSA) is 129 Å². The van der Waals surface area contributed by atoms with E-state index in [2.05, 4.69) is 6.07 Å². The summed E-state index contributed by atoms with van der Waals surface area (Å²) in [5.41, 5.74) is 0.491. The molecule has 2 saturated heterocycles. The summed E-state index contributed by atoms with van der Waals surface area (Å²) in [6, 6.07) is 26.7. The zero-order valence-corrected chi connectivity index (χ0v) is 33.6. The molecule has 2 aliphatic heterocycles. The van der Waals surface area contributed by atoms with Crippen molar-refractivity contribution in [2.45, 2.75) is 50.6 Å². The van der Waals surface area contributed by atoms with Crippen LogP contribution < -0.4 is 0 Å². The Morgan fingerprint density at radius 3 is 1.44 bits per heavy atom. The summed E-state index contributed by atoms with van der Waals surface area (Å²) < 4.78 is 40.9. The minimum absolute atomic E-state index is 0.0210. The first-order valence-electron chi connectivity index (χ1n) is 18.8. The lowest BCUT2D eigenvalue weighted by atomic mass is 9.82. The molecule has 0 radical (unpaired) electrons. The molecule has 302 valence electrons. The summed E-state index contributed by atoms with van der Waals surface area (Å²) in [4.78, 5) is 58.7. The maximum Gasteiger partial charge on any atom is 0.271 e. The molecule has 4 aromatic rings. The van der Waals surface area contributed by atoms with Gasteiger partial charge in [0.15, 0.2) is 0 Å². The molecule has 2 unspecified atom stereocenters. The highest BCUT2D eigenvalue weighted by atomic mass is 19.1. The average molecular weight is 801 g/mol. The van der Waals surface area contributed by atoms with Crippen LogP contribution in [0.5, 0.6) is 0 Å². The smallest absolute Gasteiger partial charge is 0.271 e. The van der Waals surface area contributed by atoms with Crippen LogP contribution in [0.15, 0.2) is 102 Å². The Balaban J connectivity index is 0.000000224. The number of hydrogen-bond acceptors (Lipinski definition) is 6. The highest BCUT2D eigenvalue weighted by Crippen LogP contribution is 2.36. The van der Waals surface area contributed by atoms with Gasteiger partial charge in [-0.25, -0.2) is 13.2 Å². The number of nitrogens with zero attached hydrogens (tertiary/aromatic N) is 6. The summed E-state index contributed by atoms with van der Waals surface area (Å²) in [5.74, 6) is -2.71. The number of piperazine rings is 2. The SMILES string of the molecule is CCC1(Cc2ccc(F)cc2)C(=O)N(C)C(=Cc2c(F)cccc2C#N)C(=O)N1C.CCC1(Cc2ccc(F)cc2)C(=O)N(C)C(=Cc2ccccc2C#N)C(=O)N1C. The number of nitriles is 2. The Morgan fingerprint density at radius 2 is 1.00 bits per heavy atom. The van der Waals surface area contributed by atoms with Crippen molar-refractivity contribution in [2.24, 2.45) is 0 Å². The van der Waals surface area contributed by atoms with Crippen LogP contribution in [0.1, 0.15) is 60.1 Å². The molecule has 2 aliphatic rings. The van der Waals surface area contributed by atoms with E-state index < -0.39 is 22.8 Å². The number of carbonyl (C=O) groups is 4. The summed E-state index contributed by atoms with van der Waals surface area (Å²) in [7, 11) is 6.18. The van der Waals surface area contributed by atoms with Gasteiger partial charge in [0, 0.05) is 46.6 Å². The zero-order chi connectivity index (χ0) is 43.2. The fraction of sp³-hybridized carbons (Fsp3) is 0.261. The minimum atomic E-state index is -1.16. The summed E-state index contributed by atoms with van der Waals surface area (Å²) in [6.45, 7) is 3.66. The van der Waals surface area contributed by atoms with E-state index in [0.29, 0.717) is 29.5 Å². The third-order valence-electron chi connectivity index (χ3n) is 11.3. The van der Waals surface area contributed by atoms with Gasteiger partial charge in [0.1, 0.15) is 39.9 Å². The normalized spacial score (nSPS) is 20.7. The highest BCUT2D eigenvalue weighted by molar-refractivity contribution is 6.10.